The zero-order chi connectivity index (χ0) is 31.5. The number of fused-ring (bicyclic) bond motifs is 1. The summed E-state index contributed by atoms with van der Waals surface area (Å²) >= 11 is 0. The molecule has 6 N–H and O–H groups in total. The lowest BCUT2D eigenvalue weighted by Crippen LogP contribution is -2.59. The average molecular weight is 597 g/mol. The number of hydrogen-bond donors (Lipinski definition) is 6. The molecule has 12 heteroatoms. The number of amides is 5. The van der Waals surface area contributed by atoms with E-state index in [-0.39, 0.29) is 23.7 Å². The molecular weight excluding hydrogens is 552 g/mol. The molecule has 1 aromatic carbocycles. The van der Waals surface area contributed by atoms with E-state index in [1.165, 1.54) is 13.2 Å². The number of carbonyl (C=O) groups is 5. The molecule has 5 amide bonds. The van der Waals surface area contributed by atoms with Crippen molar-refractivity contribution >= 4 is 40.6 Å². The van der Waals surface area contributed by atoms with Gasteiger partial charge in [-0.15, -0.1) is 0 Å². The van der Waals surface area contributed by atoms with E-state index in [0.717, 1.165) is 16.5 Å². The number of methoxy groups -OCH3 is 1. The number of H-pyrrole nitrogens is 1. The second-order valence-electron chi connectivity index (χ2n) is 11.5. The third-order valence-corrected chi connectivity index (χ3v) is 7.42. The van der Waals surface area contributed by atoms with Crippen LogP contribution in [0.5, 0.6) is 0 Å². The monoisotopic (exact) mass is 596 g/mol. The Morgan fingerprint density at radius 3 is 2.40 bits per heavy atom. The number of ether oxygens (including phenoxy) is 1. The Labute approximate surface area is 252 Å². The van der Waals surface area contributed by atoms with E-state index in [1.54, 1.807) is 33.8 Å². The number of benzene rings is 1. The Morgan fingerprint density at radius 1 is 1.00 bits per heavy atom. The maximum atomic E-state index is 13.6. The minimum atomic E-state index is -0.971. The van der Waals surface area contributed by atoms with Gasteiger partial charge in [-0.05, 0) is 49.1 Å². The predicted octanol–water partition coefficient (Wildman–Crippen LogP) is 2.06. The van der Waals surface area contributed by atoms with Crippen LogP contribution in [0.15, 0.2) is 42.6 Å². The molecule has 0 radical (unpaired) electrons. The zero-order valence-electron chi connectivity index (χ0n) is 25.5. The molecule has 4 atom stereocenters. The fraction of sp³-hybridized carbons (Fsp3) is 0.516. The normalized spacial score (nSPS) is 20.2. The van der Waals surface area contributed by atoms with Crippen LogP contribution in [0, 0.1) is 11.8 Å². The van der Waals surface area contributed by atoms with Gasteiger partial charge in [-0.3, -0.25) is 14.4 Å². The topological polar surface area (TPSA) is 171 Å². The molecule has 0 aliphatic carbocycles. The second kappa shape index (κ2) is 15.8. The lowest BCUT2D eigenvalue weighted by molar-refractivity contribution is -0.144. The summed E-state index contributed by atoms with van der Waals surface area (Å²) in [7, 11) is 1.24. The second-order valence-corrected chi connectivity index (χ2v) is 11.5. The summed E-state index contributed by atoms with van der Waals surface area (Å²) in [6, 6.07) is 3.88. The van der Waals surface area contributed by atoms with E-state index >= 15 is 0 Å². The van der Waals surface area contributed by atoms with Gasteiger partial charge in [-0.1, -0.05) is 52.0 Å². The number of aromatic amines is 1. The Morgan fingerprint density at radius 2 is 1.70 bits per heavy atom. The molecule has 1 aliphatic rings. The van der Waals surface area contributed by atoms with Gasteiger partial charge in [0.05, 0.1) is 13.2 Å². The van der Waals surface area contributed by atoms with Gasteiger partial charge in [0.25, 0.3) is 0 Å². The molecule has 1 aromatic heterocycles. The molecule has 2 heterocycles. The van der Waals surface area contributed by atoms with Crippen molar-refractivity contribution in [2.75, 3.05) is 13.7 Å². The highest BCUT2D eigenvalue weighted by atomic mass is 16.5. The van der Waals surface area contributed by atoms with Gasteiger partial charge in [-0.25, -0.2) is 9.59 Å². The molecule has 3 rings (SSSR count). The van der Waals surface area contributed by atoms with Crippen LogP contribution in [-0.2, 0) is 30.3 Å². The number of rotatable bonds is 9. The molecule has 2 aromatic rings. The van der Waals surface area contributed by atoms with Gasteiger partial charge < -0.3 is 36.3 Å². The number of esters is 1. The van der Waals surface area contributed by atoms with Gasteiger partial charge >= 0.3 is 12.0 Å². The standard InChI is InChI=1S/C31H44N6O6/c1-18(2)26(36-31(42)37-27(19(3)4)30(41)43-5)29(40)35-24-12-8-9-15-32-25(38)14-13-21(34-28(24)39)16-20-17-33-23-11-7-6-10-22(20)23/h6-7,10-11,13-14,17-19,21,24,26-27,33H,8-9,12,15-16H2,1-5H3,(H,32,38)(H,34,39)(H,35,40)(H2,36,37,42)/b14-13-/t21-,24+,26+,27+/m1/s1. The molecule has 43 heavy (non-hydrogen) atoms. The molecule has 0 unspecified atom stereocenters. The van der Waals surface area contributed by atoms with Crippen molar-refractivity contribution in [3.05, 3.63) is 48.2 Å². The first-order valence-corrected chi connectivity index (χ1v) is 14.8. The van der Waals surface area contributed by atoms with Crippen LogP contribution in [0.25, 0.3) is 10.9 Å². The summed E-state index contributed by atoms with van der Waals surface area (Å²) in [6.45, 7) is 7.52. The van der Waals surface area contributed by atoms with Gasteiger partial charge in [0.1, 0.15) is 18.1 Å². The molecular formula is C31H44N6O6. The van der Waals surface area contributed by atoms with E-state index in [9.17, 15) is 24.0 Å². The number of aromatic nitrogens is 1. The molecule has 234 valence electrons. The van der Waals surface area contributed by atoms with Crippen molar-refractivity contribution in [2.24, 2.45) is 11.8 Å². The van der Waals surface area contributed by atoms with E-state index in [2.05, 4.69) is 31.6 Å². The highest BCUT2D eigenvalue weighted by Crippen LogP contribution is 2.20. The number of carbonyl (C=O) groups excluding carboxylic acids is 5. The van der Waals surface area contributed by atoms with Crippen LogP contribution < -0.4 is 26.6 Å². The van der Waals surface area contributed by atoms with E-state index in [4.69, 9.17) is 4.74 Å². The van der Waals surface area contributed by atoms with Crippen LogP contribution in [0.3, 0.4) is 0 Å². The van der Waals surface area contributed by atoms with Gasteiger partial charge in [0.15, 0.2) is 0 Å². The fourth-order valence-corrected chi connectivity index (χ4v) is 4.95. The molecule has 0 spiro atoms. The molecule has 0 fully saturated rings. The van der Waals surface area contributed by atoms with Crippen molar-refractivity contribution in [1.29, 1.82) is 0 Å². The maximum absolute atomic E-state index is 13.6. The lowest BCUT2D eigenvalue weighted by atomic mass is 10.0. The van der Waals surface area contributed by atoms with Gasteiger partial charge in [0, 0.05) is 29.7 Å². The maximum Gasteiger partial charge on any atom is 0.328 e. The third-order valence-electron chi connectivity index (χ3n) is 7.42. The molecule has 1 aliphatic heterocycles. The fourth-order valence-electron chi connectivity index (χ4n) is 4.95. The molecule has 0 bridgehead atoms. The Balaban J connectivity index is 1.75. The SMILES string of the molecule is COC(=O)[C@@H](NC(=O)N[C@H](C(=O)N[C@H]1CCCCNC(=O)/C=C\[C@H](Cc2c[nH]c3ccccc23)NC1=O)C(C)C)C(C)C. The van der Waals surface area contributed by atoms with Crippen molar-refractivity contribution < 1.29 is 28.7 Å². The van der Waals surface area contributed by atoms with Crippen LogP contribution in [-0.4, -0.2) is 72.5 Å². The zero-order valence-corrected chi connectivity index (χ0v) is 25.5. The summed E-state index contributed by atoms with van der Waals surface area (Å²) in [5, 5.41) is 14.9. The largest absolute Gasteiger partial charge is 0.467 e. The number of nitrogens with one attached hydrogen (secondary N) is 6. The van der Waals surface area contributed by atoms with Crippen molar-refractivity contribution in [1.82, 2.24) is 31.6 Å². The Hall–Kier alpha value is -4.35. The van der Waals surface area contributed by atoms with E-state index in [1.807, 2.05) is 30.5 Å². The molecule has 0 saturated carbocycles. The van der Waals surface area contributed by atoms with Crippen LogP contribution in [0.4, 0.5) is 4.79 Å². The van der Waals surface area contributed by atoms with Gasteiger partial charge in [0.2, 0.25) is 17.7 Å². The van der Waals surface area contributed by atoms with Crippen LogP contribution in [0.2, 0.25) is 0 Å². The van der Waals surface area contributed by atoms with Crippen LogP contribution in [0.1, 0.15) is 52.5 Å². The first-order chi connectivity index (χ1) is 20.5. The minimum Gasteiger partial charge on any atom is -0.467 e. The van der Waals surface area contributed by atoms with Crippen molar-refractivity contribution in [3.8, 4) is 0 Å². The number of para-hydroxylation sites is 1. The average Bonchev–Trinajstić information content (AvgIpc) is 3.37. The molecule has 12 nitrogen and oxygen atoms in total. The highest BCUT2D eigenvalue weighted by molar-refractivity contribution is 5.93. The van der Waals surface area contributed by atoms with Gasteiger partial charge in [-0.2, -0.15) is 0 Å². The highest BCUT2D eigenvalue weighted by Gasteiger charge is 2.31. The molecule has 0 saturated heterocycles. The summed E-state index contributed by atoms with van der Waals surface area (Å²) < 4.78 is 4.78. The summed E-state index contributed by atoms with van der Waals surface area (Å²) in [5.74, 6) is -2.29. The predicted molar refractivity (Wildman–Crippen MR) is 163 cm³/mol. The smallest absolute Gasteiger partial charge is 0.328 e. The first-order valence-electron chi connectivity index (χ1n) is 14.8. The summed E-state index contributed by atoms with van der Waals surface area (Å²) in [6.07, 6.45) is 6.92. The van der Waals surface area contributed by atoms with Crippen molar-refractivity contribution in [2.45, 2.75) is 77.5 Å². The summed E-state index contributed by atoms with van der Waals surface area (Å²) in [4.78, 5) is 67.4. The number of urea groups is 1. The minimum absolute atomic E-state index is 0.236. The first kappa shape index (κ1) is 33.2. The van der Waals surface area contributed by atoms with E-state index < -0.39 is 42.1 Å². The Kier molecular flexibility index (Phi) is 12.2. The lowest BCUT2D eigenvalue weighted by Gasteiger charge is -2.27. The summed E-state index contributed by atoms with van der Waals surface area (Å²) in [5.41, 5.74) is 1.94. The Bertz CT molecular complexity index is 1320. The third kappa shape index (κ3) is 9.59. The quantitative estimate of drug-likeness (QED) is 0.242. The van der Waals surface area contributed by atoms with Crippen LogP contribution >= 0.6 is 0 Å². The van der Waals surface area contributed by atoms with Crippen molar-refractivity contribution in [3.63, 3.8) is 0 Å². The van der Waals surface area contributed by atoms with E-state index in [0.29, 0.717) is 32.2 Å². The number of hydrogen-bond acceptors (Lipinski definition) is 6.